The average molecular weight is 237 g/mol. The van der Waals surface area contributed by atoms with Crippen molar-refractivity contribution in [2.45, 2.75) is 19.9 Å². The number of likely N-dealkylation sites (N-methyl/N-ethyl adjacent to an activating group) is 1. The Bertz CT molecular complexity index is 338. The fourth-order valence-electron chi connectivity index (χ4n) is 1.44. The lowest BCUT2D eigenvalue weighted by atomic mass is 10.2. The van der Waals surface area contributed by atoms with Crippen LogP contribution in [0.2, 0.25) is 0 Å². The largest absolute Gasteiger partial charge is 0.400 e. The van der Waals surface area contributed by atoms with Gasteiger partial charge in [-0.2, -0.15) is 0 Å². The van der Waals surface area contributed by atoms with Crippen LogP contribution >= 0.6 is 0 Å². The van der Waals surface area contributed by atoms with E-state index in [0.29, 0.717) is 12.1 Å². The van der Waals surface area contributed by atoms with Crippen LogP contribution in [0.5, 0.6) is 0 Å². The number of benzene rings is 1. The van der Waals surface area contributed by atoms with Gasteiger partial charge in [-0.15, -0.1) is 0 Å². The molecule has 0 fully saturated rings. The smallest absolute Gasteiger partial charge is 0.254 e. The highest BCUT2D eigenvalue weighted by Crippen LogP contribution is 2.06. The maximum atomic E-state index is 11.9. The predicted octanol–water partition coefficient (Wildman–Crippen LogP) is 1.34. The summed E-state index contributed by atoms with van der Waals surface area (Å²) < 4.78 is 0. The molecular weight excluding hydrogens is 218 g/mol. The molecule has 0 aliphatic rings. The van der Waals surface area contributed by atoms with Crippen LogP contribution in [0.3, 0.4) is 0 Å². The first-order valence-corrected chi connectivity index (χ1v) is 5.46. The van der Waals surface area contributed by atoms with Gasteiger partial charge in [0.1, 0.15) is 6.29 Å². The Morgan fingerprint density at radius 3 is 2.29 bits per heavy atom. The van der Waals surface area contributed by atoms with E-state index in [2.05, 4.69) is 0 Å². The fourth-order valence-corrected chi connectivity index (χ4v) is 1.44. The number of aliphatic hydroxyl groups is 1. The van der Waals surface area contributed by atoms with E-state index in [-0.39, 0.29) is 11.9 Å². The van der Waals surface area contributed by atoms with E-state index in [1.165, 1.54) is 0 Å². The van der Waals surface area contributed by atoms with Gasteiger partial charge in [0.2, 0.25) is 0 Å². The first-order valence-electron chi connectivity index (χ1n) is 5.46. The van der Waals surface area contributed by atoms with E-state index in [9.17, 15) is 9.59 Å². The fraction of sp³-hybridized carbons (Fsp3) is 0.385. The second-order valence-electron chi connectivity index (χ2n) is 3.33. The third kappa shape index (κ3) is 4.36. The van der Waals surface area contributed by atoms with Crippen LogP contribution in [0.25, 0.3) is 0 Å². The van der Waals surface area contributed by atoms with Crippen molar-refractivity contribution < 1.29 is 14.7 Å². The summed E-state index contributed by atoms with van der Waals surface area (Å²) in [6.45, 7) is 4.12. The number of amides is 1. The van der Waals surface area contributed by atoms with Crippen molar-refractivity contribution in [3.63, 3.8) is 0 Å². The molecule has 0 bridgehead atoms. The van der Waals surface area contributed by atoms with Crippen molar-refractivity contribution in [3.05, 3.63) is 35.9 Å². The molecule has 4 heteroatoms. The van der Waals surface area contributed by atoms with Crippen molar-refractivity contribution in [1.82, 2.24) is 4.90 Å². The molecule has 1 unspecified atom stereocenters. The minimum atomic E-state index is -0.372. The zero-order valence-electron chi connectivity index (χ0n) is 10.5. The summed E-state index contributed by atoms with van der Waals surface area (Å²) in [6.07, 6.45) is 0.782. The number of carbonyl (C=O) groups is 2. The molecule has 0 radical (unpaired) electrons. The van der Waals surface area contributed by atoms with Crippen molar-refractivity contribution >= 4 is 12.2 Å². The molecule has 0 saturated carbocycles. The monoisotopic (exact) mass is 237 g/mol. The molecular formula is C13H19NO3. The summed E-state index contributed by atoms with van der Waals surface area (Å²) in [4.78, 5) is 24.1. The molecule has 4 nitrogen and oxygen atoms in total. The van der Waals surface area contributed by atoms with Gasteiger partial charge < -0.3 is 14.8 Å². The first kappa shape index (κ1) is 15.3. The molecule has 1 aromatic carbocycles. The molecule has 1 aromatic rings. The van der Waals surface area contributed by atoms with Gasteiger partial charge >= 0.3 is 0 Å². The van der Waals surface area contributed by atoms with Gasteiger partial charge in [0.15, 0.2) is 0 Å². The van der Waals surface area contributed by atoms with Gasteiger partial charge in [0.05, 0.1) is 6.04 Å². The second kappa shape index (κ2) is 8.47. The van der Waals surface area contributed by atoms with Crippen molar-refractivity contribution in [3.8, 4) is 0 Å². The average Bonchev–Trinajstić information content (AvgIpc) is 2.42. The lowest BCUT2D eigenvalue weighted by Gasteiger charge is -2.24. The molecule has 0 aliphatic heterocycles. The molecule has 0 heterocycles. The standard InChI is InChI=1S/C12H15NO2.CH4O/c1-3-13(10(2)9-14)12(15)11-7-5-4-6-8-11;1-2/h4-10H,3H2,1-2H3;2H,1H3. The Hall–Kier alpha value is -1.68. The van der Waals surface area contributed by atoms with Crippen molar-refractivity contribution in [2.24, 2.45) is 0 Å². The van der Waals surface area contributed by atoms with Gasteiger partial charge in [0.25, 0.3) is 5.91 Å². The number of hydrogen-bond donors (Lipinski definition) is 1. The molecule has 1 amide bonds. The van der Waals surface area contributed by atoms with Crippen LogP contribution in [-0.4, -0.2) is 41.9 Å². The van der Waals surface area contributed by atoms with Crippen molar-refractivity contribution in [2.75, 3.05) is 13.7 Å². The Morgan fingerprint density at radius 1 is 1.35 bits per heavy atom. The molecule has 1 rings (SSSR count). The van der Waals surface area contributed by atoms with Gasteiger partial charge in [-0.3, -0.25) is 4.79 Å². The zero-order valence-corrected chi connectivity index (χ0v) is 10.5. The lowest BCUT2D eigenvalue weighted by molar-refractivity contribution is -0.111. The molecule has 1 N–H and O–H groups in total. The van der Waals surface area contributed by atoms with Gasteiger partial charge in [-0.1, -0.05) is 18.2 Å². The van der Waals surface area contributed by atoms with E-state index < -0.39 is 0 Å². The van der Waals surface area contributed by atoms with Crippen LogP contribution in [-0.2, 0) is 4.79 Å². The molecule has 94 valence electrons. The van der Waals surface area contributed by atoms with Crippen LogP contribution < -0.4 is 0 Å². The highest BCUT2D eigenvalue weighted by atomic mass is 16.2. The molecule has 0 spiro atoms. The predicted molar refractivity (Wildman–Crippen MR) is 66.8 cm³/mol. The second-order valence-corrected chi connectivity index (χ2v) is 3.33. The molecule has 17 heavy (non-hydrogen) atoms. The molecule has 1 atom stereocenters. The quantitative estimate of drug-likeness (QED) is 0.804. The molecule has 0 aliphatic carbocycles. The van der Waals surface area contributed by atoms with E-state index in [0.717, 1.165) is 13.4 Å². The number of aldehydes is 1. The van der Waals surface area contributed by atoms with E-state index >= 15 is 0 Å². The number of rotatable bonds is 4. The van der Waals surface area contributed by atoms with E-state index in [1.807, 2.05) is 25.1 Å². The third-order valence-electron chi connectivity index (χ3n) is 2.31. The Labute approximate surface area is 102 Å². The number of nitrogens with zero attached hydrogens (tertiary/aromatic N) is 1. The SMILES string of the molecule is CCN(C(=O)c1ccccc1)C(C)C=O.CO. The Balaban J connectivity index is 0.00000121. The summed E-state index contributed by atoms with van der Waals surface area (Å²) in [5.74, 6) is -0.0994. The summed E-state index contributed by atoms with van der Waals surface area (Å²) in [6, 6.07) is 8.61. The highest BCUT2D eigenvalue weighted by Gasteiger charge is 2.18. The van der Waals surface area contributed by atoms with Crippen LogP contribution in [0, 0.1) is 0 Å². The Kier molecular flexibility index (Phi) is 7.63. The number of carbonyl (C=O) groups excluding carboxylic acids is 2. The Morgan fingerprint density at radius 2 is 1.88 bits per heavy atom. The maximum absolute atomic E-state index is 11.9. The summed E-state index contributed by atoms with van der Waals surface area (Å²) >= 11 is 0. The zero-order chi connectivity index (χ0) is 13.3. The summed E-state index contributed by atoms with van der Waals surface area (Å²) in [5, 5.41) is 7.00. The number of aliphatic hydroxyl groups excluding tert-OH is 1. The minimum absolute atomic E-state index is 0.0994. The summed E-state index contributed by atoms with van der Waals surface area (Å²) in [5.41, 5.74) is 0.619. The normalized spacial score (nSPS) is 10.8. The van der Waals surface area contributed by atoms with Gasteiger partial charge in [0, 0.05) is 19.2 Å². The van der Waals surface area contributed by atoms with Gasteiger partial charge in [-0.25, -0.2) is 0 Å². The van der Waals surface area contributed by atoms with Crippen LogP contribution in [0.1, 0.15) is 24.2 Å². The molecule has 0 aromatic heterocycles. The number of hydrogen-bond acceptors (Lipinski definition) is 3. The minimum Gasteiger partial charge on any atom is -0.400 e. The van der Waals surface area contributed by atoms with Crippen molar-refractivity contribution in [1.29, 1.82) is 0 Å². The first-order chi connectivity index (χ1) is 8.20. The highest BCUT2D eigenvalue weighted by molar-refractivity contribution is 5.95. The van der Waals surface area contributed by atoms with Gasteiger partial charge in [-0.05, 0) is 26.0 Å². The molecule has 0 saturated heterocycles. The van der Waals surface area contributed by atoms with Crippen LogP contribution in [0.4, 0.5) is 0 Å². The maximum Gasteiger partial charge on any atom is 0.254 e. The van der Waals surface area contributed by atoms with E-state index in [1.54, 1.807) is 24.0 Å². The van der Waals surface area contributed by atoms with E-state index in [4.69, 9.17) is 5.11 Å². The lowest BCUT2D eigenvalue weighted by Crippen LogP contribution is -2.39. The summed E-state index contributed by atoms with van der Waals surface area (Å²) in [7, 11) is 1.00. The third-order valence-corrected chi connectivity index (χ3v) is 2.31. The van der Waals surface area contributed by atoms with Crippen LogP contribution in [0.15, 0.2) is 30.3 Å². The topological polar surface area (TPSA) is 57.6 Å².